The molecule has 33 heavy (non-hydrogen) atoms. The summed E-state index contributed by atoms with van der Waals surface area (Å²) in [5.41, 5.74) is 8.29. The summed E-state index contributed by atoms with van der Waals surface area (Å²) >= 11 is 0. The van der Waals surface area contributed by atoms with Crippen LogP contribution in [-0.2, 0) is 31.1 Å². The van der Waals surface area contributed by atoms with Crippen LogP contribution in [0.4, 0.5) is 5.69 Å². The highest BCUT2D eigenvalue weighted by molar-refractivity contribution is 6.15. The maximum Gasteiger partial charge on any atom is 0.250 e. The monoisotopic (exact) mass is 446 g/mol. The molecule has 5 rings (SSSR count). The number of carbonyl (C=O) groups excluding carboxylic acids is 4. The molecular formula is C25H26N4O4. The Bertz CT molecular complexity index is 1190. The van der Waals surface area contributed by atoms with Crippen molar-refractivity contribution in [3.8, 4) is 0 Å². The van der Waals surface area contributed by atoms with Gasteiger partial charge in [-0.15, -0.1) is 0 Å². The van der Waals surface area contributed by atoms with Crippen molar-refractivity contribution in [2.24, 2.45) is 17.6 Å². The van der Waals surface area contributed by atoms with E-state index in [4.69, 9.17) is 5.73 Å². The number of benzene rings is 2. The molecule has 0 unspecified atom stereocenters. The number of nitrogens with zero attached hydrogens (tertiary/aromatic N) is 1. The Labute approximate surface area is 191 Å². The summed E-state index contributed by atoms with van der Waals surface area (Å²) in [7, 11) is 0. The SMILES string of the molecule is Cc1ccc2c(c1C)NC(=O)[C@]21N[C@H](CC(N)=O)[C@H]2C(=O)N(CCc3ccccc3)C(=O)[C@@H]21. The Kier molecular flexibility index (Phi) is 4.86. The molecule has 2 fully saturated rings. The Morgan fingerprint density at radius 3 is 2.48 bits per heavy atom. The summed E-state index contributed by atoms with van der Waals surface area (Å²) in [6, 6.07) is 12.6. The molecule has 4 atom stereocenters. The van der Waals surface area contributed by atoms with Crippen LogP contribution in [0.15, 0.2) is 42.5 Å². The number of rotatable bonds is 5. The summed E-state index contributed by atoms with van der Waals surface area (Å²) < 4.78 is 0. The summed E-state index contributed by atoms with van der Waals surface area (Å²) in [5.74, 6) is -3.49. The molecule has 3 aliphatic rings. The van der Waals surface area contributed by atoms with Crippen LogP contribution >= 0.6 is 0 Å². The second kappa shape index (κ2) is 7.52. The lowest BCUT2D eigenvalue weighted by Gasteiger charge is -2.29. The van der Waals surface area contributed by atoms with E-state index in [1.54, 1.807) is 0 Å². The number of nitrogens with two attached hydrogens (primary N) is 1. The largest absolute Gasteiger partial charge is 0.370 e. The molecule has 8 nitrogen and oxygen atoms in total. The minimum atomic E-state index is -1.41. The van der Waals surface area contributed by atoms with Gasteiger partial charge in [0.05, 0.1) is 11.8 Å². The smallest absolute Gasteiger partial charge is 0.250 e. The Morgan fingerprint density at radius 1 is 1.06 bits per heavy atom. The molecule has 0 radical (unpaired) electrons. The number of primary amides is 1. The minimum absolute atomic E-state index is 0.137. The Morgan fingerprint density at radius 2 is 1.79 bits per heavy atom. The molecule has 8 heteroatoms. The fourth-order valence-electron chi connectivity index (χ4n) is 5.68. The zero-order chi connectivity index (χ0) is 23.5. The van der Waals surface area contributed by atoms with E-state index in [-0.39, 0.29) is 30.7 Å². The van der Waals surface area contributed by atoms with E-state index in [0.29, 0.717) is 17.7 Å². The lowest BCUT2D eigenvalue weighted by molar-refractivity contribution is -0.142. The van der Waals surface area contributed by atoms with Gasteiger partial charge >= 0.3 is 0 Å². The van der Waals surface area contributed by atoms with Crippen molar-refractivity contribution >= 4 is 29.3 Å². The molecule has 0 saturated carbocycles. The lowest BCUT2D eigenvalue weighted by Crippen LogP contribution is -2.53. The van der Waals surface area contributed by atoms with Crippen molar-refractivity contribution in [1.82, 2.24) is 10.2 Å². The summed E-state index contributed by atoms with van der Waals surface area (Å²) in [6.45, 7) is 4.08. The third kappa shape index (κ3) is 3.01. The molecule has 0 bridgehead atoms. The van der Waals surface area contributed by atoms with Crippen molar-refractivity contribution in [1.29, 1.82) is 0 Å². The second-order valence-electron chi connectivity index (χ2n) is 9.18. The third-order valence-corrected chi connectivity index (χ3v) is 7.40. The molecule has 3 heterocycles. The first-order chi connectivity index (χ1) is 15.8. The molecule has 3 aliphatic heterocycles. The van der Waals surface area contributed by atoms with E-state index in [0.717, 1.165) is 16.7 Å². The van der Waals surface area contributed by atoms with Gasteiger partial charge in [0.25, 0.3) is 0 Å². The predicted molar refractivity (Wildman–Crippen MR) is 121 cm³/mol. The van der Waals surface area contributed by atoms with Gasteiger partial charge in [0, 0.05) is 30.3 Å². The maximum atomic E-state index is 13.7. The average Bonchev–Trinajstić information content (AvgIpc) is 3.35. The van der Waals surface area contributed by atoms with Crippen molar-refractivity contribution in [3.05, 3.63) is 64.7 Å². The average molecular weight is 447 g/mol. The molecule has 2 aromatic carbocycles. The summed E-state index contributed by atoms with van der Waals surface area (Å²) in [5, 5.41) is 6.16. The van der Waals surface area contributed by atoms with E-state index < -0.39 is 29.3 Å². The molecule has 0 aromatic heterocycles. The fraction of sp³-hybridized carbons (Fsp3) is 0.360. The zero-order valence-electron chi connectivity index (χ0n) is 18.6. The van der Waals surface area contributed by atoms with Gasteiger partial charge in [-0.05, 0) is 37.0 Å². The minimum Gasteiger partial charge on any atom is -0.370 e. The molecule has 2 saturated heterocycles. The van der Waals surface area contributed by atoms with Crippen molar-refractivity contribution < 1.29 is 19.2 Å². The van der Waals surface area contributed by atoms with Gasteiger partial charge in [-0.3, -0.25) is 29.4 Å². The number of carbonyl (C=O) groups is 4. The van der Waals surface area contributed by atoms with Crippen molar-refractivity contribution in [2.75, 3.05) is 11.9 Å². The Hall–Kier alpha value is -3.52. The molecule has 1 spiro atoms. The van der Waals surface area contributed by atoms with E-state index in [9.17, 15) is 19.2 Å². The molecule has 0 aliphatic carbocycles. The van der Waals surface area contributed by atoms with Crippen LogP contribution in [0.25, 0.3) is 0 Å². The van der Waals surface area contributed by atoms with Crippen LogP contribution in [0.3, 0.4) is 0 Å². The van der Waals surface area contributed by atoms with Gasteiger partial charge in [0.1, 0.15) is 5.54 Å². The standard InChI is InChI=1S/C25H26N4O4/c1-13-8-9-16-21(14(13)2)27-24(33)25(16)20-19(17(28-25)12-18(26)30)22(31)29(23(20)32)11-10-15-6-4-3-5-7-15/h3-9,17,19-20,28H,10-12H2,1-2H3,(H2,26,30)(H,27,33)/t17-,19-,20-,25+/m1/s1. The summed E-state index contributed by atoms with van der Waals surface area (Å²) in [6.07, 6.45) is 0.377. The Balaban J connectivity index is 1.56. The topological polar surface area (TPSA) is 122 Å². The van der Waals surface area contributed by atoms with Crippen LogP contribution in [-0.4, -0.2) is 41.1 Å². The van der Waals surface area contributed by atoms with Crippen molar-refractivity contribution in [2.45, 2.75) is 38.3 Å². The van der Waals surface area contributed by atoms with E-state index in [2.05, 4.69) is 10.6 Å². The number of fused-ring (bicyclic) bond motifs is 4. The quantitative estimate of drug-likeness (QED) is 0.595. The zero-order valence-corrected chi connectivity index (χ0v) is 18.6. The number of hydrogen-bond donors (Lipinski definition) is 3. The van der Waals surface area contributed by atoms with Gasteiger partial charge in [0.15, 0.2) is 0 Å². The number of anilines is 1. The number of amides is 4. The van der Waals surface area contributed by atoms with E-state index in [1.165, 1.54) is 4.90 Å². The summed E-state index contributed by atoms with van der Waals surface area (Å²) in [4.78, 5) is 53.7. The molecule has 2 aromatic rings. The number of hydrogen-bond acceptors (Lipinski definition) is 5. The van der Waals surface area contributed by atoms with Crippen LogP contribution in [0.1, 0.15) is 28.7 Å². The lowest BCUT2D eigenvalue weighted by atomic mass is 9.76. The molecule has 170 valence electrons. The number of aryl methyl sites for hydroxylation is 1. The molecule has 4 amide bonds. The van der Waals surface area contributed by atoms with Crippen LogP contribution in [0.5, 0.6) is 0 Å². The van der Waals surface area contributed by atoms with Gasteiger partial charge in [-0.1, -0.05) is 42.5 Å². The fourth-order valence-corrected chi connectivity index (χ4v) is 5.68. The third-order valence-electron chi connectivity index (χ3n) is 7.40. The first-order valence-electron chi connectivity index (χ1n) is 11.1. The highest BCUT2D eigenvalue weighted by Crippen LogP contribution is 2.54. The number of likely N-dealkylation sites (tertiary alicyclic amines) is 1. The maximum absolute atomic E-state index is 13.7. The van der Waals surface area contributed by atoms with E-state index >= 15 is 0 Å². The highest BCUT2D eigenvalue weighted by Gasteiger charge is 2.70. The van der Waals surface area contributed by atoms with E-state index in [1.807, 2.05) is 56.3 Å². The van der Waals surface area contributed by atoms with Crippen LogP contribution < -0.4 is 16.4 Å². The van der Waals surface area contributed by atoms with Crippen molar-refractivity contribution in [3.63, 3.8) is 0 Å². The molecule has 4 N–H and O–H groups in total. The first kappa shape index (κ1) is 21.3. The van der Waals surface area contributed by atoms with Gasteiger partial charge in [-0.25, -0.2) is 0 Å². The van der Waals surface area contributed by atoms with Crippen LogP contribution in [0.2, 0.25) is 0 Å². The number of nitrogens with one attached hydrogen (secondary N) is 2. The predicted octanol–water partition coefficient (Wildman–Crippen LogP) is 1.14. The first-order valence-corrected chi connectivity index (χ1v) is 11.1. The van der Waals surface area contributed by atoms with Gasteiger partial charge in [-0.2, -0.15) is 0 Å². The normalized spacial score (nSPS) is 27.8. The highest BCUT2D eigenvalue weighted by atomic mass is 16.2. The molecular weight excluding hydrogens is 420 g/mol. The van der Waals surface area contributed by atoms with Gasteiger partial charge in [0.2, 0.25) is 23.6 Å². The second-order valence-corrected chi connectivity index (χ2v) is 9.18. The van der Waals surface area contributed by atoms with Gasteiger partial charge < -0.3 is 11.1 Å². The van der Waals surface area contributed by atoms with Crippen LogP contribution in [0, 0.1) is 25.7 Å². The number of imide groups is 1.